The standard InChI is InChI=1S/C13H22N2OS/c1-9(2)12-6-11(4-5-16-12)14-8-13-15-7-10(3)17-13/h7,9,11-12,14H,4-6,8H2,1-3H3. The quantitative estimate of drug-likeness (QED) is 0.897. The van der Waals surface area contributed by atoms with Crippen molar-refractivity contribution in [1.29, 1.82) is 0 Å². The van der Waals surface area contributed by atoms with E-state index in [1.54, 1.807) is 11.3 Å². The van der Waals surface area contributed by atoms with E-state index in [2.05, 4.69) is 31.1 Å². The summed E-state index contributed by atoms with van der Waals surface area (Å²) in [6, 6.07) is 0.584. The topological polar surface area (TPSA) is 34.2 Å². The van der Waals surface area contributed by atoms with Crippen molar-refractivity contribution < 1.29 is 4.74 Å². The summed E-state index contributed by atoms with van der Waals surface area (Å²) >= 11 is 1.78. The van der Waals surface area contributed by atoms with Crippen LogP contribution < -0.4 is 5.32 Å². The minimum absolute atomic E-state index is 0.416. The molecule has 0 aliphatic carbocycles. The zero-order valence-electron chi connectivity index (χ0n) is 10.9. The molecule has 0 bridgehead atoms. The molecule has 3 nitrogen and oxygen atoms in total. The van der Waals surface area contributed by atoms with Crippen LogP contribution in [0.5, 0.6) is 0 Å². The first-order chi connectivity index (χ1) is 8.15. The van der Waals surface area contributed by atoms with Crippen molar-refractivity contribution >= 4 is 11.3 Å². The first-order valence-corrected chi connectivity index (χ1v) is 7.23. The molecule has 0 spiro atoms. The van der Waals surface area contributed by atoms with Gasteiger partial charge in [0, 0.05) is 30.3 Å². The van der Waals surface area contributed by atoms with Crippen molar-refractivity contribution in [3.8, 4) is 0 Å². The van der Waals surface area contributed by atoms with E-state index in [4.69, 9.17) is 4.74 Å². The van der Waals surface area contributed by atoms with E-state index in [1.807, 2.05) is 6.20 Å². The monoisotopic (exact) mass is 254 g/mol. The lowest BCUT2D eigenvalue weighted by Crippen LogP contribution is -2.40. The summed E-state index contributed by atoms with van der Waals surface area (Å²) in [6.45, 7) is 8.35. The van der Waals surface area contributed by atoms with Crippen molar-refractivity contribution in [1.82, 2.24) is 10.3 Å². The van der Waals surface area contributed by atoms with Gasteiger partial charge in [0.1, 0.15) is 5.01 Å². The zero-order valence-corrected chi connectivity index (χ0v) is 11.7. The van der Waals surface area contributed by atoms with Crippen molar-refractivity contribution in [3.63, 3.8) is 0 Å². The highest BCUT2D eigenvalue weighted by Crippen LogP contribution is 2.20. The van der Waals surface area contributed by atoms with Crippen LogP contribution >= 0.6 is 11.3 Å². The lowest BCUT2D eigenvalue weighted by atomic mass is 9.95. The summed E-state index contributed by atoms with van der Waals surface area (Å²) in [5.41, 5.74) is 0. The van der Waals surface area contributed by atoms with Gasteiger partial charge in [0.2, 0.25) is 0 Å². The fraction of sp³-hybridized carbons (Fsp3) is 0.769. The molecule has 1 aliphatic heterocycles. The number of ether oxygens (including phenoxy) is 1. The predicted molar refractivity (Wildman–Crippen MR) is 71.3 cm³/mol. The summed E-state index contributed by atoms with van der Waals surface area (Å²) in [5, 5.41) is 4.79. The Bertz CT molecular complexity index is 351. The molecule has 1 N–H and O–H groups in total. The van der Waals surface area contributed by atoms with Gasteiger partial charge < -0.3 is 10.1 Å². The van der Waals surface area contributed by atoms with Crippen LogP contribution in [0.2, 0.25) is 0 Å². The van der Waals surface area contributed by atoms with Crippen LogP contribution in [0.4, 0.5) is 0 Å². The number of thiazole rings is 1. The molecule has 0 amide bonds. The number of nitrogens with one attached hydrogen (secondary N) is 1. The minimum Gasteiger partial charge on any atom is -0.378 e. The Morgan fingerprint density at radius 1 is 1.59 bits per heavy atom. The largest absolute Gasteiger partial charge is 0.378 e. The van der Waals surface area contributed by atoms with Crippen molar-refractivity contribution in [2.45, 2.75) is 52.3 Å². The van der Waals surface area contributed by atoms with Gasteiger partial charge in [-0.25, -0.2) is 4.98 Å². The average Bonchev–Trinajstić information content (AvgIpc) is 2.73. The van der Waals surface area contributed by atoms with E-state index in [0.29, 0.717) is 18.1 Å². The summed E-state index contributed by atoms with van der Waals surface area (Å²) in [6.07, 6.45) is 4.61. The number of hydrogen-bond donors (Lipinski definition) is 1. The highest BCUT2D eigenvalue weighted by molar-refractivity contribution is 7.11. The van der Waals surface area contributed by atoms with Gasteiger partial charge in [0.05, 0.1) is 6.10 Å². The number of rotatable bonds is 4. The van der Waals surface area contributed by atoms with Gasteiger partial charge in [-0.2, -0.15) is 0 Å². The van der Waals surface area contributed by atoms with Crippen LogP contribution in [0.1, 0.15) is 36.6 Å². The Hall–Kier alpha value is -0.450. The lowest BCUT2D eigenvalue weighted by molar-refractivity contribution is -0.0245. The molecule has 0 aromatic carbocycles. The SMILES string of the molecule is Cc1cnc(CNC2CCOC(C(C)C)C2)s1. The molecule has 1 aromatic heterocycles. The predicted octanol–water partition coefficient (Wildman–Crippen LogP) is 2.74. The van der Waals surface area contributed by atoms with Crippen LogP contribution in [0.3, 0.4) is 0 Å². The van der Waals surface area contributed by atoms with Crippen LogP contribution in [-0.2, 0) is 11.3 Å². The van der Waals surface area contributed by atoms with Gasteiger partial charge in [-0.05, 0) is 25.7 Å². The Labute approximate surface area is 108 Å². The Morgan fingerprint density at radius 2 is 2.41 bits per heavy atom. The number of nitrogens with zero attached hydrogens (tertiary/aromatic N) is 1. The van der Waals surface area contributed by atoms with E-state index in [0.717, 1.165) is 26.0 Å². The second kappa shape index (κ2) is 5.94. The minimum atomic E-state index is 0.416. The Morgan fingerprint density at radius 3 is 3.06 bits per heavy atom. The van der Waals surface area contributed by atoms with Crippen LogP contribution in [0.25, 0.3) is 0 Å². The maximum absolute atomic E-state index is 5.77. The van der Waals surface area contributed by atoms with E-state index < -0.39 is 0 Å². The normalized spacial score (nSPS) is 25.4. The smallest absolute Gasteiger partial charge is 0.107 e. The van der Waals surface area contributed by atoms with Gasteiger partial charge in [0.25, 0.3) is 0 Å². The van der Waals surface area contributed by atoms with E-state index in [1.165, 1.54) is 9.88 Å². The summed E-state index contributed by atoms with van der Waals surface area (Å²) in [4.78, 5) is 5.67. The third kappa shape index (κ3) is 3.76. The first-order valence-electron chi connectivity index (χ1n) is 6.41. The highest BCUT2D eigenvalue weighted by atomic mass is 32.1. The molecule has 0 radical (unpaired) electrons. The maximum Gasteiger partial charge on any atom is 0.107 e. The van der Waals surface area contributed by atoms with Gasteiger partial charge in [-0.15, -0.1) is 11.3 Å². The molecule has 1 fully saturated rings. The molecular weight excluding hydrogens is 232 g/mol. The Kier molecular flexibility index (Phi) is 4.54. The van der Waals surface area contributed by atoms with E-state index in [-0.39, 0.29) is 0 Å². The van der Waals surface area contributed by atoms with Crippen molar-refractivity contribution in [3.05, 3.63) is 16.1 Å². The summed E-state index contributed by atoms with van der Waals surface area (Å²) < 4.78 is 5.77. The molecule has 1 saturated heterocycles. The van der Waals surface area contributed by atoms with Gasteiger partial charge in [0.15, 0.2) is 0 Å². The van der Waals surface area contributed by atoms with Crippen LogP contribution in [0, 0.1) is 12.8 Å². The summed E-state index contributed by atoms with van der Waals surface area (Å²) in [5.74, 6) is 0.613. The maximum atomic E-state index is 5.77. The highest BCUT2D eigenvalue weighted by Gasteiger charge is 2.24. The van der Waals surface area contributed by atoms with Crippen molar-refractivity contribution in [2.24, 2.45) is 5.92 Å². The second-order valence-corrected chi connectivity index (χ2v) is 6.44. The average molecular weight is 254 g/mol. The molecular formula is C13H22N2OS. The molecule has 96 valence electrons. The zero-order chi connectivity index (χ0) is 12.3. The Balaban J connectivity index is 1.79. The molecule has 1 aliphatic rings. The molecule has 0 saturated carbocycles. The number of hydrogen-bond acceptors (Lipinski definition) is 4. The van der Waals surface area contributed by atoms with Crippen LogP contribution in [0.15, 0.2) is 6.20 Å². The number of aromatic nitrogens is 1. The fourth-order valence-corrected chi connectivity index (χ4v) is 2.93. The molecule has 2 rings (SSSR count). The molecule has 2 heterocycles. The lowest BCUT2D eigenvalue weighted by Gasteiger charge is -2.32. The van der Waals surface area contributed by atoms with Gasteiger partial charge in [-0.3, -0.25) is 0 Å². The third-order valence-corrected chi connectivity index (χ3v) is 4.18. The van der Waals surface area contributed by atoms with E-state index in [9.17, 15) is 0 Å². The molecule has 1 aromatic rings. The summed E-state index contributed by atoms with van der Waals surface area (Å²) in [7, 11) is 0. The molecule has 2 unspecified atom stereocenters. The van der Waals surface area contributed by atoms with Crippen molar-refractivity contribution in [2.75, 3.05) is 6.61 Å². The molecule has 17 heavy (non-hydrogen) atoms. The number of aryl methyl sites for hydroxylation is 1. The molecule has 2 atom stereocenters. The first kappa shape index (κ1) is 13.0. The second-order valence-electron chi connectivity index (χ2n) is 5.12. The van der Waals surface area contributed by atoms with E-state index >= 15 is 0 Å². The third-order valence-electron chi connectivity index (χ3n) is 3.27. The van der Waals surface area contributed by atoms with Gasteiger partial charge >= 0.3 is 0 Å². The molecule has 4 heteroatoms. The van der Waals surface area contributed by atoms with Gasteiger partial charge in [-0.1, -0.05) is 13.8 Å². The van der Waals surface area contributed by atoms with Crippen LogP contribution in [-0.4, -0.2) is 23.7 Å². The fourth-order valence-electron chi connectivity index (χ4n) is 2.19.